The molecule has 0 aliphatic rings. The van der Waals surface area contributed by atoms with Gasteiger partial charge in [-0.2, -0.15) is 0 Å². The number of aryl methyl sites for hydroxylation is 1. The Morgan fingerprint density at radius 1 is 1.32 bits per heavy atom. The van der Waals surface area contributed by atoms with Gasteiger partial charge in [0.25, 0.3) is 0 Å². The van der Waals surface area contributed by atoms with Crippen LogP contribution in [0.25, 0.3) is 5.82 Å². The predicted molar refractivity (Wildman–Crippen MR) is 123 cm³/mol. The van der Waals surface area contributed by atoms with Gasteiger partial charge in [0.15, 0.2) is 5.96 Å². The Hall–Kier alpha value is -1.69. The number of halogens is 1. The molecule has 0 saturated carbocycles. The van der Waals surface area contributed by atoms with E-state index in [1.807, 2.05) is 43.7 Å². The van der Waals surface area contributed by atoms with Crippen LogP contribution in [0.1, 0.15) is 31.7 Å². The van der Waals surface area contributed by atoms with E-state index in [1.54, 1.807) is 12.4 Å². The fourth-order valence-corrected chi connectivity index (χ4v) is 3.24. The highest BCUT2D eigenvalue weighted by Crippen LogP contribution is 2.09. The van der Waals surface area contributed by atoms with E-state index in [1.165, 1.54) is 6.26 Å². The molecule has 0 radical (unpaired) electrons. The van der Waals surface area contributed by atoms with Crippen molar-refractivity contribution in [2.45, 2.75) is 39.8 Å². The van der Waals surface area contributed by atoms with E-state index in [2.05, 4.69) is 25.6 Å². The first-order valence-corrected chi connectivity index (χ1v) is 11.0. The summed E-state index contributed by atoms with van der Waals surface area (Å²) in [5, 5.41) is 6.42. The minimum absolute atomic E-state index is 0. The molecule has 0 aromatic carbocycles. The molecule has 2 N–H and O–H groups in total. The van der Waals surface area contributed by atoms with Crippen LogP contribution in [0.5, 0.6) is 0 Å². The molecule has 0 fully saturated rings. The number of rotatable bonds is 8. The molecule has 8 nitrogen and oxygen atoms in total. The molecule has 0 bridgehead atoms. The molecule has 0 amide bonds. The fourth-order valence-electron chi connectivity index (χ4n) is 2.46. The van der Waals surface area contributed by atoms with Crippen LogP contribution in [0.4, 0.5) is 0 Å². The smallest absolute Gasteiger partial charge is 0.191 e. The zero-order valence-electron chi connectivity index (χ0n) is 16.7. The highest BCUT2D eigenvalue weighted by atomic mass is 127. The molecule has 156 valence electrons. The van der Waals surface area contributed by atoms with Gasteiger partial charge in [-0.3, -0.25) is 4.57 Å². The first-order valence-electron chi connectivity index (χ1n) is 8.96. The van der Waals surface area contributed by atoms with E-state index in [-0.39, 0.29) is 35.8 Å². The average molecular weight is 520 g/mol. The quantitative estimate of drug-likeness (QED) is 0.314. The molecular weight excluding hydrogens is 491 g/mol. The zero-order valence-corrected chi connectivity index (χ0v) is 19.9. The average Bonchev–Trinajstić information content (AvgIpc) is 3.04. The zero-order chi connectivity index (χ0) is 19.9. The van der Waals surface area contributed by atoms with Gasteiger partial charge in [-0.05, 0) is 38.8 Å². The molecule has 10 heteroatoms. The minimum Gasteiger partial charge on any atom is -0.357 e. The fraction of sp³-hybridized carbons (Fsp3) is 0.500. The van der Waals surface area contributed by atoms with Crippen LogP contribution in [0.2, 0.25) is 0 Å². The summed E-state index contributed by atoms with van der Waals surface area (Å²) in [6, 6.07) is 3.93. The van der Waals surface area contributed by atoms with Crippen molar-refractivity contribution >= 4 is 39.8 Å². The number of aliphatic imine (C=N–C) groups is 1. The van der Waals surface area contributed by atoms with E-state index in [0.717, 1.165) is 23.8 Å². The molecular formula is C18H29IN6O2S. The van der Waals surface area contributed by atoms with Gasteiger partial charge < -0.3 is 10.6 Å². The number of nitrogens with one attached hydrogen (secondary N) is 2. The Labute approximate surface area is 184 Å². The molecule has 0 aliphatic heterocycles. The Balaban J connectivity index is 0.00000392. The molecule has 0 spiro atoms. The van der Waals surface area contributed by atoms with Crippen molar-refractivity contribution in [2.24, 2.45) is 4.99 Å². The van der Waals surface area contributed by atoms with Crippen LogP contribution < -0.4 is 10.6 Å². The lowest BCUT2D eigenvalue weighted by Gasteiger charge is -2.17. The van der Waals surface area contributed by atoms with E-state index < -0.39 is 9.84 Å². The minimum atomic E-state index is -2.96. The number of aromatic nitrogens is 3. The number of imidazole rings is 1. The third-order valence-electron chi connectivity index (χ3n) is 3.95. The van der Waals surface area contributed by atoms with Crippen LogP contribution in [0, 0.1) is 6.92 Å². The summed E-state index contributed by atoms with van der Waals surface area (Å²) < 4.78 is 24.5. The summed E-state index contributed by atoms with van der Waals surface area (Å²) in [6.45, 7) is 7.06. The largest absolute Gasteiger partial charge is 0.357 e. The number of nitrogens with zero attached hydrogens (tertiary/aromatic N) is 4. The van der Waals surface area contributed by atoms with Gasteiger partial charge in [0.2, 0.25) is 0 Å². The number of guanidine groups is 1. The van der Waals surface area contributed by atoms with Crippen LogP contribution >= 0.6 is 24.0 Å². The first-order chi connectivity index (χ1) is 12.8. The predicted octanol–water partition coefficient (Wildman–Crippen LogP) is 2.07. The highest BCUT2D eigenvalue weighted by molar-refractivity contribution is 14.0. The van der Waals surface area contributed by atoms with Gasteiger partial charge in [0.1, 0.15) is 21.5 Å². The van der Waals surface area contributed by atoms with Crippen molar-refractivity contribution < 1.29 is 8.42 Å². The Kier molecular flexibility index (Phi) is 9.87. The van der Waals surface area contributed by atoms with Gasteiger partial charge in [0.05, 0.1) is 12.3 Å². The van der Waals surface area contributed by atoms with Crippen molar-refractivity contribution in [3.8, 4) is 5.82 Å². The number of pyridine rings is 1. The van der Waals surface area contributed by atoms with Gasteiger partial charge in [-0.15, -0.1) is 24.0 Å². The number of sulfone groups is 1. The van der Waals surface area contributed by atoms with Gasteiger partial charge in [-0.25, -0.2) is 23.4 Å². The first kappa shape index (κ1) is 24.3. The monoisotopic (exact) mass is 520 g/mol. The SMILES string of the molecule is CCNC(=NCc1ccc(-n2ccnc2C)nc1)NC(C)CCS(C)(=O)=O.I. The normalized spacial score (nSPS) is 12.9. The lowest BCUT2D eigenvalue weighted by Crippen LogP contribution is -2.42. The van der Waals surface area contributed by atoms with Crippen molar-refractivity contribution in [2.75, 3.05) is 18.6 Å². The van der Waals surface area contributed by atoms with Gasteiger partial charge in [-0.1, -0.05) is 6.07 Å². The highest BCUT2D eigenvalue weighted by Gasteiger charge is 2.09. The molecule has 2 aromatic rings. The van der Waals surface area contributed by atoms with E-state index in [9.17, 15) is 8.42 Å². The molecule has 2 rings (SSSR count). The van der Waals surface area contributed by atoms with E-state index in [4.69, 9.17) is 0 Å². The van der Waals surface area contributed by atoms with Crippen molar-refractivity contribution in [3.05, 3.63) is 42.1 Å². The summed E-state index contributed by atoms with van der Waals surface area (Å²) in [5.41, 5.74) is 0.984. The molecule has 28 heavy (non-hydrogen) atoms. The van der Waals surface area contributed by atoms with Crippen LogP contribution in [0.15, 0.2) is 35.7 Å². The maximum atomic E-state index is 11.3. The Bertz CT molecular complexity index is 864. The van der Waals surface area contributed by atoms with Gasteiger partial charge >= 0.3 is 0 Å². The maximum Gasteiger partial charge on any atom is 0.191 e. The third-order valence-corrected chi connectivity index (χ3v) is 4.93. The van der Waals surface area contributed by atoms with Crippen molar-refractivity contribution in [1.29, 1.82) is 0 Å². The topological polar surface area (TPSA) is 101 Å². The second-order valence-electron chi connectivity index (χ2n) is 6.53. The molecule has 2 heterocycles. The second-order valence-corrected chi connectivity index (χ2v) is 8.79. The Morgan fingerprint density at radius 3 is 2.61 bits per heavy atom. The molecule has 0 aliphatic carbocycles. The Morgan fingerprint density at radius 2 is 2.07 bits per heavy atom. The molecule has 0 saturated heterocycles. The summed E-state index contributed by atoms with van der Waals surface area (Å²) in [5.74, 6) is 2.51. The van der Waals surface area contributed by atoms with E-state index >= 15 is 0 Å². The van der Waals surface area contributed by atoms with Crippen molar-refractivity contribution in [3.63, 3.8) is 0 Å². The lowest BCUT2D eigenvalue weighted by molar-refractivity contribution is 0.581. The maximum absolute atomic E-state index is 11.3. The molecule has 2 aromatic heterocycles. The molecule has 1 unspecified atom stereocenters. The number of hydrogen-bond acceptors (Lipinski definition) is 5. The van der Waals surface area contributed by atoms with Gasteiger partial charge in [0, 0.05) is 37.4 Å². The lowest BCUT2D eigenvalue weighted by atomic mass is 10.2. The summed E-state index contributed by atoms with van der Waals surface area (Å²) >= 11 is 0. The van der Waals surface area contributed by atoms with Crippen molar-refractivity contribution in [1.82, 2.24) is 25.2 Å². The van der Waals surface area contributed by atoms with Crippen LogP contribution in [0.3, 0.4) is 0 Å². The summed E-state index contributed by atoms with van der Waals surface area (Å²) in [7, 11) is -2.96. The summed E-state index contributed by atoms with van der Waals surface area (Å²) in [6.07, 6.45) is 7.20. The van der Waals surface area contributed by atoms with Crippen LogP contribution in [-0.2, 0) is 16.4 Å². The second kappa shape index (κ2) is 11.3. The van der Waals surface area contributed by atoms with E-state index in [0.29, 0.717) is 18.9 Å². The standard InChI is InChI=1S/C18H28N6O2S.HI/c1-5-19-18(23-14(2)8-11-27(4,25)26)22-13-16-6-7-17(21-12-16)24-10-9-20-15(24)3;/h6-7,9-10,12,14H,5,8,11,13H2,1-4H3,(H2,19,22,23);1H. The van der Waals surface area contributed by atoms with Crippen LogP contribution in [-0.4, -0.2) is 53.5 Å². The number of hydrogen-bond donors (Lipinski definition) is 2. The third kappa shape index (κ3) is 8.13. The molecule has 1 atom stereocenters. The summed E-state index contributed by atoms with van der Waals surface area (Å²) in [4.78, 5) is 13.2.